The van der Waals surface area contributed by atoms with Crippen LogP contribution in [-0.2, 0) is 11.4 Å². The van der Waals surface area contributed by atoms with Gasteiger partial charge in [-0.3, -0.25) is 19.8 Å². The van der Waals surface area contributed by atoms with Crippen LogP contribution in [0, 0.1) is 17.0 Å². The Kier molecular flexibility index (Phi) is 5.79. The van der Waals surface area contributed by atoms with Crippen molar-refractivity contribution in [1.82, 2.24) is 10.2 Å². The maximum atomic E-state index is 12.2. The zero-order chi connectivity index (χ0) is 21.1. The van der Waals surface area contributed by atoms with Crippen LogP contribution < -0.4 is 14.8 Å². The van der Waals surface area contributed by atoms with Crippen LogP contribution in [0.1, 0.15) is 16.7 Å². The second-order valence-corrected chi connectivity index (χ2v) is 6.83. The zero-order valence-corrected chi connectivity index (χ0v) is 16.9. The molecule has 0 aromatic heterocycles. The molecule has 0 spiro atoms. The average Bonchev–Trinajstić information content (AvgIpc) is 2.93. The molecule has 0 radical (unpaired) electrons. The van der Waals surface area contributed by atoms with Gasteiger partial charge in [-0.25, -0.2) is 0 Å². The van der Waals surface area contributed by atoms with E-state index in [4.69, 9.17) is 21.7 Å². The van der Waals surface area contributed by atoms with Gasteiger partial charge in [-0.05, 0) is 54.5 Å². The monoisotopic (exact) mass is 413 g/mol. The first-order valence-corrected chi connectivity index (χ1v) is 9.06. The summed E-state index contributed by atoms with van der Waals surface area (Å²) >= 11 is 5.07. The SMILES string of the molecule is COc1ccc(/C=C2/NC(=S)N(C)C2=O)cc1COc1ccc(C)cc1[N+](=O)[O-]. The van der Waals surface area contributed by atoms with Crippen molar-refractivity contribution in [2.24, 2.45) is 0 Å². The number of nitro groups is 1. The summed E-state index contributed by atoms with van der Waals surface area (Å²) in [7, 11) is 3.13. The summed E-state index contributed by atoms with van der Waals surface area (Å²) in [5.74, 6) is 0.519. The highest BCUT2D eigenvalue weighted by Crippen LogP contribution is 2.30. The van der Waals surface area contributed by atoms with E-state index in [0.717, 1.165) is 11.1 Å². The molecule has 1 heterocycles. The van der Waals surface area contributed by atoms with Gasteiger partial charge >= 0.3 is 5.69 Å². The number of carbonyl (C=O) groups excluding carboxylic acids is 1. The Balaban J connectivity index is 1.87. The fourth-order valence-corrected chi connectivity index (χ4v) is 3.03. The fraction of sp³-hybridized carbons (Fsp3) is 0.200. The quantitative estimate of drug-likeness (QED) is 0.336. The molecule has 1 aliphatic heterocycles. The van der Waals surface area contributed by atoms with E-state index in [9.17, 15) is 14.9 Å². The number of aryl methyl sites for hydroxylation is 1. The normalized spacial score (nSPS) is 14.9. The van der Waals surface area contributed by atoms with Crippen molar-refractivity contribution in [3.05, 3.63) is 68.9 Å². The number of benzene rings is 2. The number of ether oxygens (including phenoxy) is 2. The number of nitro benzene ring substituents is 1. The molecule has 0 aliphatic carbocycles. The van der Waals surface area contributed by atoms with Crippen molar-refractivity contribution in [2.45, 2.75) is 13.5 Å². The van der Waals surface area contributed by atoms with E-state index in [1.54, 1.807) is 50.4 Å². The molecule has 1 aliphatic rings. The number of amides is 1. The number of rotatable bonds is 6. The fourth-order valence-electron chi connectivity index (χ4n) is 2.84. The Labute approximate surface area is 172 Å². The molecule has 3 rings (SSSR count). The van der Waals surface area contributed by atoms with E-state index in [1.165, 1.54) is 18.1 Å². The number of hydrogen-bond donors (Lipinski definition) is 1. The van der Waals surface area contributed by atoms with Gasteiger partial charge in [0.15, 0.2) is 10.9 Å². The first-order valence-electron chi connectivity index (χ1n) is 8.65. The molecule has 1 fully saturated rings. The molecule has 0 saturated carbocycles. The molecule has 1 saturated heterocycles. The smallest absolute Gasteiger partial charge is 0.311 e. The van der Waals surface area contributed by atoms with E-state index < -0.39 is 4.92 Å². The molecule has 1 amide bonds. The lowest BCUT2D eigenvalue weighted by atomic mass is 10.1. The number of nitrogens with one attached hydrogen (secondary N) is 1. The number of methoxy groups -OCH3 is 1. The van der Waals surface area contributed by atoms with Crippen molar-refractivity contribution in [3.63, 3.8) is 0 Å². The van der Waals surface area contributed by atoms with Crippen molar-refractivity contribution in [2.75, 3.05) is 14.2 Å². The number of thiocarbonyl (C=S) groups is 1. The molecule has 29 heavy (non-hydrogen) atoms. The summed E-state index contributed by atoms with van der Waals surface area (Å²) in [4.78, 5) is 24.3. The largest absolute Gasteiger partial charge is 0.496 e. The van der Waals surface area contributed by atoms with E-state index in [2.05, 4.69) is 5.32 Å². The standard InChI is InChI=1S/C20H19N3O5S/c1-12-4-6-18(16(8-12)23(25)26)28-11-14-9-13(5-7-17(14)27-3)10-15-19(24)22(2)20(29)21-15/h4-10H,11H2,1-3H3,(H,21,29)/b15-10+. The molecule has 0 bridgehead atoms. The van der Waals surface area contributed by atoms with Crippen LogP contribution in [0.5, 0.6) is 11.5 Å². The van der Waals surface area contributed by atoms with Gasteiger partial charge in [0, 0.05) is 18.7 Å². The minimum absolute atomic E-state index is 0.0593. The van der Waals surface area contributed by atoms with Gasteiger partial charge in [-0.1, -0.05) is 12.1 Å². The van der Waals surface area contributed by atoms with Crippen molar-refractivity contribution in [1.29, 1.82) is 0 Å². The van der Waals surface area contributed by atoms with Gasteiger partial charge in [0.05, 0.1) is 12.0 Å². The lowest BCUT2D eigenvalue weighted by molar-refractivity contribution is -0.386. The number of hydrogen-bond acceptors (Lipinski definition) is 6. The Morgan fingerprint density at radius 1 is 1.24 bits per heavy atom. The third-order valence-corrected chi connectivity index (χ3v) is 4.77. The Bertz CT molecular complexity index is 1030. The zero-order valence-electron chi connectivity index (χ0n) is 16.1. The lowest BCUT2D eigenvalue weighted by Crippen LogP contribution is -2.25. The van der Waals surface area contributed by atoms with E-state index >= 15 is 0 Å². The van der Waals surface area contributed by atoms with Crippen LogP contribution >= 0.6 is 12.2 Å². The van der Waals surface area contributed by atoms with Crippen molar-refractivity contribution in [3.8, 4) is 11.5 Å². The summed E-state index contributed by atoms with van der Waals surface area (Å²) in [6.07, 6.45) is 1.68. The molecule has 0 atom stereocenters. The maximum absolute atomic E-state index is 12.2. The van der Waals surface area contributed by atoms with Gasteiger partial charge in [0.2, 0.25) is 0 Å². The molecule has 8 nitrogen and oxygen atoms in total. The first kappa shape index (κ1) is 20.3. The van der Waals surface area contributed by atoms with Gasteiger partial charge in [0.25, 0.3) is 5.91 Å². The van der Waals surface area contributed by atoms with Gasteiger partial charge < -0.3 is 14.8 Å². The third-order valence-electron chi connectivity index (χ3n) is 4.39. The highest BCUT2D eigenvalue weighted by atomic mass is 32.1. The Morgan fingerprint density at radius 2 is 1.97 bits per heavy atom. The number of likely N-dealkylation sites (N-methyl/N-ethyl adjacent to an activating group) is 1. The van der Waals surface area contributed by atoms with Crippen LogP contribution in [0.15, 0.2) is 42.1 Å². The van der Waals surface area contributed by atoms with E-state index in [1.807, 2.05) is 0 Å². The topological polar surface area (TPSA) is 93.9 Å². The summed E-state index contributed by atoms with van der Waals surface area (Å²) in [5.41, 5.74) is 2.45. The van der Waals surface area contributed by atoms with Gasteiger partial charge in [-0.15, -0.1) is 0 Å². The maximum Gasteiger partial charge on any atom is 0.311 e. The second kappa shape index (κ2) is 8.27. The van der Waals surface area contributed by atoms with Crippen molar-refractivity contribution < 1.29 is 19.2 Å². The van der Waals surface area contributed by atoms with Crippen LogP contribution in [0.4, 0.5) is 5.69 Å². The van der Waals surface area contributed by atoms with Crippen LogP contribution in [-0.4, -0.2) is 35.0 Å². The van der Waals surface area contributed by atoms with Crippen LogP contribution in [0.3, 0.4) is 0 Å². The Morgan fingerprint density at radius 3 is 2.59 bits per heavy atom. The average molecular weight is 413 g/mol. The van der Waals surface area contributed by atoms with E-state index in [0.29, 0.717) is 22.1 Å². The number of nitrogens with zero attached hydrogens (tertiary/aromatic N) is 2. The summed E-state index contributed by atoms with van der Waals surface area (Å²) < 4.78 is 11.1. The molecule has 9 heteroatoms. The lowest BCUT2D eigenvalue weighted by Gasteiger charge is -2.12. The van der Waals surface area contributed by atoms with Gasteiger partial charge in [-0.2, -0.15) is 0 Å². The summed E-state index contributed by atoms with van der Waals surface area (Å²) in [5, 5.41) is 14.5. The molecular formula is C20H19N3O5S. The summed E-state index contributed by atoms with van der Waals surface area (Å²) in [6.45, 7) is 1.84. The Hall–Kier alpha value is -3.46. The van der Waals surface area contributed by atoms with Gasteiger partial charge in [0.1, 0.15) is 18.1 Å². The first-order chi connectivity index (χ1) is 13.8. The minimum atomic E-state index is -0.475. The van der Waals surface area contributed by atoms with E-state index in [-0.39, 0.29) is 24.0 Å². The highest BCUT2D eigenvalue weighted by molar-refractivity contribution is 7.80. The van der Waals surface area contributed by atoms with Crippen LogP contribution in [0.2, 0.25) is 0 Å². The molecular weight excluding hydrogens is 394 g/mol. The van der Waals surface area contributed by atoms with Crippen LogP contribution in [0.25, 0.3) is 6.08 Å². The molecule has 2 aromatic rings. The minimum Gasteiger partial charge on any atom is -0.496 e. The van der Waals surface area contributed by atoms with Crippen molar-refractivity contribution >= 4 is 35.0 Å². The molecule has 1 N–H and O–H groups in total. The predicted molar refractivity (Wildman–Crippen MR) is 112 cm³/mol. The molecule has 2 aromatic carbocycles. The summed E-state index contributed by atoms with van der Waals surface area (Å²) in [6, 6.07) is 10.1. The third kappa shape index (κ3) is 4.35. The highest BCUT2D eigenvalue weighted by Gasteiger charge is 2.27. The molecule has 150 valence electrons. The predicted octanol–water partition coefficient (Wildman–Crippen LogP) is 3.18. The number of carbonyl (C=O) groups is 1. The second-order valence-electron chi connectivity index (χ2n) is 6.44. The molecule has 0 unspecified atom stereocenters.